The molecule has 0 spiro atoms. The highest BCUT2D eigenvalue weighted by atomic mass is 32.2. The van der Waals surface area contributed by atoms with Crippen molar-refractivity contribution in [3.05, 3.63) is 0 Å². The minimum absolute atomic E-state index is 0.0409. The van der Waals surface area contributed by atoms with Crippen molar-refractivity contribution in [1.82, 2.24) is 5.32 Å². The summed E-state index contributed by atoms with van der Waals surface area (Å²) in [5.74, 6) is -1.54. The van der Waals surface area contributed by atoms with Gasteiger partial charge >= 0.3 is 17.9 Å². The molecule has 2 N–H and O–H groups in total. The Bertz CT molecular complexity index is 1060. The molecule has 8 nitrogen and oxygen atoms in total. The van der Waals surface area contributed by atoms with E-state index in [1.165, 1.54) is 192 Å². The van der Waals surface area contributed by atoms with Crippen LogP contribution in [0.5, 0.6) is 0 Å². The van der Waals surface area contributed by atoms with Gasteiger partial charge in [0.1, 0.15) is 18.8 Å². The average molecular weight is 908 g/mol. The molecule has 0 radical (unpaired) electrons. The molecule has 1 aliphatic rings. The average Bonchev–Trinajstić information content (AvgIpc) is 3.28. The fourth-order valence-corrected chi connectivity index (χ4v) is 9.96. The van der Waals surface area contributed by atoms with E-state index in [0.29, 0.717) is 18.6 Å². The van der Waals surface area contributed by atoms with E-state index >= 15 is 0 Å². The van der Waals surface area contributed by atoms with Crippen molar-refractivity contribution in [3.8, 4) is 0 Å². The van der Waals surface area contributed by atoms with Crippen molar-refractivity contribution in [1.29, 1.82) is 0 Å². The third-order valence-corrected chi connectivity index (χ3v) is 14.3. The van der Waals surface area contributed by atoms with Gasteiger partial charge in [-0.1, -0.05) is 245 Å². The quantitative estimate of drug-likeness (QED) is 0.0464. The molecule has 1 aliphatic carbocycles. The van der Waals surface area contributed by atoms with Crippen molar-refractivity contribution in [2.24, 2.45) is 5.92 Å². The van der Waals surface area contributed by atoms with Crippen molar-refractivity contribution < 1.29 is 33.8 Å². The number of esters is 2. The maximum atomic E-state index is 13.5. The number of aliphatic carboxylic acids is 1. The lowest BCUT2D eigenvalue weighted by Gasteiger charge is -2.22. The molecule has 0 saturated heterocycles. The molecule has 9 heteroatoms. The second-order valence-electron chi connectivity index (χ2n) is 19.2. The Morgan fingerprint density at radius 3 is 1.22 bits per heavy atom. The minimum atomic E-state index is -1.06. The number of carbonyl (C=O) groups is 4. The zero-order chi connectivity index (χ0) is 45.7. The molecule has 2 atom stereocenters. The van der Waals surface area contributed by atoms with Gasteiger partial charge < -0.3 is 19.9 Å². The van der Waals surface area contributed by atoms with Crippen LogP contribution in [-0.2, 0) is 28.7 Å². The fraction of sp³-hybridized carbons (Fsp3) is 0.926. The Hall–Kier alpha value is -1.77. The van der Waals surface area contributed by atoms with Crippen molar-refractivity contribution in [2.45, 2.75) is 296 Å². The Kier molecular flexibility index (Phi) is 42.7. The first kappa shape index (κ1) is 59.2. The largest absolute Gasteiger partial charge is 0.480 e. The van der Waals surface area contributed by atoms with Gasteiger partial charge in [0.05, 0.1) is 0 Å². The van der Waals surface area contributed by atoms with Crippen LogP contribution in [0.15, 0.2) is 0 Å². The smallest absolute Gasteiger partial charge is 0.327 e. The van der Waals surface area contributed by atoms with E-state index in [9.17, 15) is 24.3 Å². The van der Waals surface area contributed by atoms with Crippen LogP contribution in [-0.4, -0.2) is 59.2 Å². The zero-order valence-electron chi connectivity index (χ0n) is 41.4. The molecule has 0 aliphatic heterocycles. The SMILES string of the molecule is CCCCCCCCCCCCCCCC(=O)OCC(CSCC(NC(=O)C1CCCCCCCCCCCCCC1)C(=O)O)OC(=O)CCCCCCCCCCCCCCC. The molecule has 63 heavy (non-hydrogen) atoms. The highest BCUT2D eigenvalue weighted by molar-refractivity contribution is 7.99. The summed E-state index contributed by atoms with van der Waals surface area (Å²) < 4.78 is 11.5. The van der Waals surface area contributed by atoms with Gasteiger partial charge in [-0.3, -0.25) is 14.4 Å². The Morgan fingerprint density at radius 1 is 0.492 bits per heavy atom. The normalized spacial score (nSPS) is 15.8. The predicted molar refractivity (Wildman–Crippen MR) is 266 cm³/mol. The van der Waals surface area contributed by atoms with E-state index in [2.05, 4.69) is 19.2 Å². The number of unbranched alkanes of at least 4 members (excludes halogenated alkanes) is 24. The molecule has 370 valence electrons. The van der Waals surface area contributed by atoms with Gasteiger partial charge in [0, 0.05) is 30.3 Å². The molecule has 0 aromatic carbocycles. The van der Waals surface area contributed by atoms with Crippen LogP contribution in [0.3, 0.4) is 0 Å². The van der Waals surface area contributed by atoms with Crippen molar-refractivity contribution in [2.75, 3.05) is 18.1 Å². The molecule has 1 fully saturated rings. The molecule has 0 bridgehead atoms. The summed E-state index contributed by atoms with van der Waals surface area (Å²) in [4.78, 5) is 51.7. The van der Waals surface area contributed by atoms with Gasteiger partial charge in [-0.15, -0.1) is 0 Å². The molecule has 0 aromatic heterocycles. The number of carbonyl (C=O) groups excluding carboxylic acids is 3. The zero-order valence-corrected chi connectivity index (χ0v) is 42.2. The molecular weight excluding hydrogens is 807 g/mol. The molecule has 1 amide bonds. The molecule has 0 aromatic rings. The van der Waals surface area contributed by atoms with E-state index in [1.54, 1.807) is 0 Å². The Morgan fingerprint density at radius 2 is 0.841 bits per heavy atom. The first-order valence-corrected chi connectivity index (χ1v) is 28.5. The maximum Gasteiger partial charge on any atom is 0.327 e. The number of nitrogens with one attached hydrogen (secondary N) is 1. The molecule has 0 heterocycles. The van der Waals surface area contributed by atoms with Crippen LogP contribution < -0.4 is 5.32 Å². The topological polar surface area (TPSA) is 119 Å². The second-order valence-corrected chi connectivity index (χ2v) is 20.3. The summed E-state index contributed by atoms with van der Waals surface area (Å²) in [6, 6.07) is -1.04. The standard InChI is InChI=1S/C54H101NO7S/c1-3-5-7-9-11-13-15-17-23-27-31-35-39-43-51(56)61-45-49(62-52(57)44-40-36-32-28-24-18-16-14-12-10-8-6-4-2)46-63-47-50(54(59)60)55-53(58)48-41-37-33-29-25-21-19-20-22-26-30-34-38-42-48/h48-50H,3-47H2,1-2H3,(H,55,58)(H,59,60). The summed E-state index contributed by atoms with van der Waals surface area (Å²) >= 11 is 1.33. The van der Waals surface area contributed by atoms with Crippen LogP contribution in [0, 0.1) is 5.92 Å². The lowest BCUT2D eigenvalue weighted by Crippen LogP contribution is -2.45. The number of amides is 1. The second kappa shape index (κ2) is 45.4. The lowest BCUT2D eigenvalue weighted by molar-refractivity contribution is -0.157. The number of thioether (sulfide) groups is 1. The first-order valence-electron chi connectivity index (χ1n) is 27.3. The van der Waals surface area contributed by atoms with E-state index in [4.69, 9.17) is 9.47 Å². The minimum Gasteiger partial charge on any atom is -0.480 e. The number of rotatable bonds is 38. The van der Waals surface area contributed by atoms with Gasteiger partial charge in [0.15, 0.2) is 0 Å². The van der Waals surface area contributed by atoms with Gasteiger partial charge in [-0.25, -0.2) is 4.79 Å². The summed E-state index contributed by atoms with van der Waals surface area (Å²) in [6.07, 6.45) is 48.1. The number of ether oxygens (including phenoxy) is 2. The maximum absolute atomic E-state index is 13.5. The number of hydrogen-bond acceptors (Lipinski definition) is 7. The Balaban J connectivity index is 2.57. The van der Waals surface area contributed by atoms with E-state index in [0.717, 1.165) is 77.0 Å². The highest BCUT2D eigenvalue weighted by Crippen LogP contribution is 2.22. The van der Waals surface area contributed by atoms with Gasteiger partial charge in [-0.2, -0.15) is 11.8 Å². The number of carboxylic acid groups (broad SMARTS) is 1. The van der Waals surface area contributed by atoms with Gasteiger partial charge in [0.2, 0.25) is 5.91 Å². The van der Waals surface area contributed by atoms with Crippen molar-refractivity contribution >= 4 is 35.6 Å². The van der Waals surface area contributed by atoms with Crippen LogP contribution in [0.2, 0.25) is 0 Å². The Labute approximate surface area is 392 Å². The van der Waals surface area contributed by atoms with Crippen LogP contribution in [0.25, 0.3) is 0 Å². The third-order valence-electron chi connectivity index (χ3n) is 13.1. The summed E-state index contributed by atoms with van der Waals surface area (Å²) in [7, 11) is 0. The summed E-state index contributed by atoms with van der Waals surface area (Å²) in [5, 5.41) is 13.0. The third kappa shape index (κ3) is 39.1. The number of hydrogen-bond donors (Lipinski definition) is 2. The highest BCUT2D eigenvalue weighted by Gasteiger charge is 2.26. The van der Waals surface area contributed by atoms with E-state index in [-0.39, 0.29) is 36.1 Å². The summed E-state index contributed by atoms with van der Waals surface area (Å²) in [6.45, 7) is 4.48. The van der Waals surface area contributed by atoms with Crippen LogP contribution in [0.1, 0.15) is 284 Å². The van der Waals surface area contributed by atoms with E-state index < -0.39 is 18.1 Å². The molecule has 1 rings (SSSR count). The van der Waals surface area contributed by atoms with Crippen LogP contribution in [0.4, 0.5) is 0 Å². The molecule has 1 saturated carbocycles. The lowest BCUT2D eigenvalue weighted by atomic mass is 9.93. The predicted octanol–water partition coefficient (Wildman–Crippen LogP) is 15.8. The number of carboxylic acids is 1. The van der Waals surface area contributed by atoms with Crippen molar-refractivity contribution in [3.63, 3.8) is 0 Å². The van der Waals surface area contributed by atoms with Gasteiger partial charge in [0.25, 0.3) is 0 Å². The first-order chi connectivity index (χ1) is 30.9. The fourth-order valence-electron chi connectivity index (χ4n) is 8.93. The van der Waals surface area contributed by atoms with E-state index in [1.807, 2.05) is 0 Å². The molecule has 2 unspecified atom stereocenters. The molecular formula is C54H101NO7S. The monoisotopic (exact) mass is 908 g/mol. The summed E-state index contributed by atoms with van der Waals surface area (Å²) in [5.41, 5.74) is 0. The van der Waals surface area contributed by atoms with Gasteiger partial charge in [-0.05, 0) is 25.7 Å². The van der Waals surface area contributed by atoms with Crippen LogP contribution >= 0.6 is 11.8 Å².